The Morgan fingerprint density at radius 2 is 1.88 bits per heavy atom. The first-order chi connectivity index (χ1) is 15.6. The number of likely N-dealkylation sites (tertiary alicyclic amines) is 2. The fourth-order valence-electron chi connectivity index (χ4n) is 4.87. The van der Waals surface area contributed by atoms with E-state index in [1.807, 2.05) is 22.6 Å². The van der Waals surface area contributed by atoms with Crippen LogP contribution in [0.4, 0.5) is 24.5 Å². The van der Waals surface area contributed by atoms with Gasteiger partial charge in [-0.25, -0.2) is 13.2 Å². The van der Waals surface area contributed by atoms with E-state index in [4.69, 9.17) is 0 Å². The average Bonchev–Trinajstić information content (AvgIpc) is 2.76. The lowest BCUT2D eigenvalue weighted by atomic mass is 9.79. The maximum Gasteiger partial charge on any atom is 0.256 e. The smallest absolute Gasteiger partial charge is 0.256 e. The van der Waals surface area contributed by atoms with E-state index >= 15 is 0 Å². The zero-order valence-corrected chi connectivity index (χ0v) is 20.7. The van der Waals surface area contributed by atoms with Crippen LogP contribution in [-0.2, 0) is 0 Å². The molecule has 2 fully saturated rings. The normalized spacial score (nSPS) is 20.6. The van der Waals surface area contributed by atoms with E-state index in [0.29, 0.717) is 3.57 Å². The van der Waals surface area contributed by atoms with Crippen molar-refractivity contribution in [3.05, 3.63) is 56.9 Å². The fourth-order valence-corrected chi connectivity index (χ4v) is 5.32. The Morgan fingerprint density at radius 1 is 1.15 bits per heavy atom. The maximum absolute atomic E-state index is 14.7. The fraction of sp³-hybridized carbons (Fsp3) is 0.458. The number of hydrogen-bond acceptors (Lipinski definition) is 4. The van der Waals surface area contributed by atoms with E-state index in [1.54, 1.807) is 6.07 Å². The number of β-amino-alcohol motifs (C(OH)–C–C–N with tert-alkyl or cyclic N) is 1. The predicted molar refractivity (Wildman–Crippen MR) is 129 cm³/mol. The first kappa shape index (κ1) is 24.3. The summed E-state index contributed by atoms with van der Waals surface area (Å²) < 4.78 is 43.7. The van der Waals surface area contributed by atoms with Crippen molar-refractivity contribution in [3.63, 3.8) is 0 Å². The number of aliphatic hydroxyl groups is 1. The van der Waals surface area contributed by atoms with E-state index in [9.17, 15) is 23.1 Å². The minimum atomic E-state index is -1.26. The second-order valence-electron chi connectivity index (χ2n) is 9.14. The number of hydrogen-bond donors (Lipinski definition) is 2. The number of nitrogens with zero attached hydrogens (tertiary/aromatic N) is 2. The third-order valence-electron chi connectivity index (χ3n) is 6.56. The molecule has 2 aliphatic rings. The molecule has 0 aromatic heterocycles. The molecule has 0 unspecified atom stereocenters. The van der Waals surface area contributed by atoms with Crippen molar-refractivity contribution in [3.8, 4) is 0 Å². The summed E-state index contributed by atoms with van der Waals surface area (Å²) in [4.78, 5) is 16.9. The third kappa shape index (κ3) is 4.72. The summed E-state index contributed by atoms with van der Waals surface area (Å²) in [5, 5.41) is 13.8. The van der Waals surface area contributed by atoms with Gasteiger partial charge in [0.05, 0.1) is 30.0 Å². The highest BCUT2D eigenvalue weighted by Crippen LogP contribution is 2.37. The lowest BCUT2D eigenvalue weighted by Gasteiger charge is -2.55. The number of carbonyl (C=O) groups excluding carboxylic acids is 1. The first-order valence-electron chi connectivity index (χ1n) is 11.1. The highest BCUT2D eigenvalue weighted by atomic mass is 127. The summed E-state index contributed by atoms with van der Waals surface area (Å²) in [5.74, 6) is -3.59. The average molecular weight is 573 g/mol. The lowest BCUT2D eigenvalue weighted by Crippen LogP contribution is -2.73. The van der Waals surface area contributed by atoms with Crippen molar-refractivity contribution in [1.29, 1.82) is 0 Å². The van der Waals surface area contributed by atoms with Crippen LogP contribution < -0.4 is 5.32 Å². The highest BCUT2D eigenvalue weighted by molar-refractivity contribution is 14.1. The topological polar surface area (TPSA) is 55.8 Å². The maximum atomic E-state index is 14.7. The molecule has 0 spiro atoms. The summed E-state index contributed by atoms with van der Waals surface area (Å²) in [5.41, 5.74) is -1.64. The molecule has 178 valence electrons. The van der Waals surface area contributed by atoms with Gasteiger partial charge in [0.1, 0.15) is 11.4 Å². The van der Waals surface area contributed by atoms with Gasteiger partial charge in [0.2, 0.25) is 0 Å². The molecule has 5 nitrogen and oxygen atoms in total. The molecule has 0 radical (unpaired) electrons. The van der Waals surface area contributed by atoms with Crippen molar-refractivity contribution >= 4 is 39.9 Å². The molecule has 4 rings (SSSR count). The Bertz CT molecular complexity index is 1060. The minimum absolute atomic E-state index is 0.0567. The molecule has 33 heavy (non-hydrogen) atoms. The predicted octanol–water partition coefficient (Wildman–Crippen LogP) is 4.90. The number of amides is 1. The number of carbonyl (C=O) groups is 1. The molecule has 2 saturated heterocycles. The van der Waals surface area contributed by atoms with Gasteiger partial charge in [0.25, 0.3) is 5.91 Å². The molecule has 2 aliphatic heterocycles. The van der Waals surface area contributed by atoms with Crippen LogP contribution in [0.5, 0.6) is 0 Å². The second kappa shape index (κ2) is 9.42. The van der Waals surface area contributed by atoms with Gasteiger partial charge >= 0.3 is 0 Å². The molecule has 2 N–H and O–H groups in total. The molecule has 0 saturated carbocycles. The van der Waals surface area contributed by atoms with Gasteiger partial charge in [0, 0.05) is 15.7 Å². The highest BCUT2D eigenvalue weighted by Gasteiger charge is 2.52. The van der Waals surface area contributed by atoms with Gasteiger partial charge in [0.15, 0.2) is 11.6 Å². The quantitative estimate of drug-likeness (QED) is 0.500. The summed E-state index contributed by atoms with van der Waals surface area (Å²) in [7, 11) is 0. The molecule has 1 amide bonds. The zero-order chi connectivity index (χ0) is 23.9. The Morgan fingerprint density at radius 3 is 2.55 bits per heavy atom. The Labute approximate surface area is 205 Å². The monoisotopic (exact) mass is 573 g/mol. The first-order valence-corrected chi connectivity index (χ1v) is 12.2. The third-order valence-corrected chi connectivity index (χ3v) is 7.23. The van der Waals surface area contributed by atoms with Crippen LogP contribution in [0.15, 0.2) is 30.3 Å². The number of rotatable bonds is 5. The van der Waals surface area contributed by atoms with Gasteiger partial charge in [-0.2, -0.15) is 0 Å². The molecule has 0 aliphatic carbocycles. The van der Waals surface area contributed by atoms with Gasteiger partial charge in [-0.3, -0.25) is 9.69 Å². The molecule has 1 atom stereocenters. The molecule has 2 aromatic carbocycles. The summed E-state index contributed by atoms with van der Waals surface area (Å²) in [6.07, 6.45) is 2.94. The molecular formula is C24H27F3IN3O2. The standard InChI is InChI=1S/C24H27F3IN3O2/c1-14(2)31-10-4-3-5-20(31)24(33)12-30(13-24)23(32)16-7-8-17(25)21(27)22(16)29-19-9-6-15(28)11-18(19)26/h6-9,11,14,20,29,33H,3-5,10,12-13H2,1-2H3/t20-/m0/s1. The van der Waals surface area contributed by atoms with Crippen LogP contribution in [0.3, 0.4) is 0 Å². The van der Waals surface area contributed by atoms with E-state index in [1.165, 1.54) is 23.1 Å². The van der Waals surface area contributed by atoms with Crippen LogP contribution in [0.2, 0.25) is 0 Å². The minimum Gasteiger partial charge on any atom is -0.385 e. The summed E-state index contributed by atoms with van der Waals surface area (Å²) in [6.45, 7) is 5.29. The SMILES string of the molecule is CC(C)N1CCCC[C@H]1C1(O)CN(C(=O)c2ccc(F)c(F)c2Nc2ccc(I)cc2F)C1. The number of anilines is 2. The summed E-state index contributed by atoms with van der Waals surface area (Å²) >= 11 is 1.94. The van der Waals surface area contributed by atoms with Gasteiger partial charge in [-0.1, -0.05) is 6.42 Å². The van der Waals surface area contributed by atoms with Crippen molar-refractivity contribution in [2.45, 2.75) is 50.8 Å². The van der Waals surface area contributed by atoms with Crippen molar-refractivity contribution in [2.75, 3.05) is 25.0 Å². The Balaban J connectivity index is 1.56. The molecule has 2 aromatic rings. The van der Waals surface area contributed by atoms with Crippen LogP contribution in [0, 0.1) is 21.0 Å². The van der Waals surface area contributed by atoms with Crippen molar-refractivity contribution in [1.82, 2.24) is 9.80 Å². The Kier molecular flexibility index (Phi) is 6.93. The van der Waals surface area contributed by atoms with Crippen molar-refractivity contribution in [2.24, 2.45) is 0 Å². The zero-order valence-electron chi connectivity index (χ0n) is 18.5. The largest absolute Gasteiger partial charge is 0.385 e. The number of benzene rings is 2. The van der Waals surface area contributed by atoms with Crippen LogP contribution in [0.1, 0.15) is 43.5 Å². The van der Waals surface area contributed by atoms with Gasteiger partial charge in [-0.15, -0.1) is 0 Å². The molecule has 2 heterocycles. The second-order valence-corrected chi connectivity index (χ2v) is 10.4. The molecule has 9 heteroatoms. The van der Waals surface area contributed by atoms with E-state index < -0.39 is 34.6 Å². The number of nitrogens with one attached hydrogen (secondary N) is 1. The molecule has 0 bridgehead atoms. The lowest BCUT2D eigenvalue weighted by molar-refractivity contribution is -0.145. The van der Waals surface area contributed by atoms with E-state index in [0.717, 1.165) is 31.9 Å². The summed E-state index contributed by atoms with van der Waals surface area (Å²) in [6, 6.07) is 6.56. The van der Waals surface area contributed by atoms with Gasteiger partial charge < -0.3 is 15.3 Å². The van der Waals surface area contributed by atoms with Crippen LogP contribution >= 0.6 is 22.6 Å². The Hall–Kier alpha value is -1.85. The molecular weight excluding hydrogens is 546 g/mol. The van der Waals surface area contributed by atoms with Gasteiger partial charge in [-0.05, 0) is 86.2 Å². The number of piperidine rings is 1. The van der Waals surface area contributed by atoms with E-state index in [2.05, 4.69) is 24.1 Å². The van der Waals surface area contributed by atoms with E-state index in [-0.39, 0.29) is 36.4 Å². The van der Waals surface area contributed by atoms with Crippen LogP contribution in [0.25, 0.3) is 0 Å². The van der Waals surface area contributed by atoms with Crippen molar-refractivity contribution < 1.29 is 23.1 Å². The number of halogens is 4. The van der Waals surface area contributed by atoms with Crippen LogP contribution in [-0.4, -0.2) is 58.1 Å².